The first-order valence-corrected chi connectivity index (χ1v) is 7.42. The lowest BCUT2D eigenvalue weighted by molar-refractivity contribution is 0.415. The third kappa shape index (κ3) is 3.78. The Labute approximate surface area is 130 Å². The summed E-state index contributed by atoms with van der Waals surface area (Å²) < 4.78 is 7.28. The number of fused-ring (bicyclic) bond motifs is 4. The van der Waals surface area contributed by atoms with Crippen LogP contribution in [0.3, 0.4) is 0 Å². The van der Waals surface area contributed by atoms with Crippen molar-refractivity contribution in [3.05, 3.63) is 24.4 Å². The van der Waals surface area contributed by atoms with Crippen LogP contribution in [0.25, 0.3) is 16.6 Å². The number of aromatic nitrogens is 1. The number of nitrogens with two attached hydrogens (primary N) is 1. The van der Waals surface area contributed by atoms with E-state index in [9.17, 15) is 0 Å². The minimum Gasteiger partial charge on any atom is -0.497 e. The van der Waals surface area contributed by atoms with Crippen LogP contribution in [0.2, 0.25) is 0 Å². The number of guanidine groups is 1. The number of nitrogens with one attached hydrogen (secondary N) is 1. The molecule has 0 atom stereocenters. The number of hydrogen-bond donors (Lipinski definition) is 2. The molecule has 2 aliphatic heterocycles. The van der Waals surface area contributed by atoms with Gasteiger partial charge in [-0.05, 0) is 24.6 Å². The molecule has 0 aliphatic carbocycles. The zero-order valence-corrected chi connectivity index (χ0v) is 13.2. The van der Waals surface area contributed by atoms with E-state index in [1.54, 1.807) is 7.11 Å². The van der Waals surface area contributed by atoms with E-state index >= 15 is 0 Å². The number of aliphatic imine (C=N–C) groups is 1. The highest BCUT2D eigenvalue weighted by molar-refractivity contribution is 6.01. The smallest absolute Gasteiger partial charge is 0.209 e. The monoisotopic (exact) mass is 301 g/mol. The molecule has 0 radical (unpaired) electrons. The molecule has 0 saturated heterocycles. The first-order valence-electron chi connectivity index (χ1n) is 7.42. The van der Waals surface area contributed by atoms with Gasteiger partial charge in [0.2, 0.25) is 5.96 Å². The maximum Gasteiger partial charge on any atom is 0.209 e. The first kappa shape index (κ1) is 15.9. The van der Waals surface area contributed by atoms with E-state index in [4.69, 9.17) is 10.5 Å². The number of nitrogens with zero attached hydrogens (tertiary/aromatic N) is 3. The van der Waals surface area contributed by atoms with E-state index in [0.29, 0.717) is 5.96 Å². The van der Waals surface area contributed by atoms with Gasteiger partial charge in [0.25, 0.3) is 0 Å². The molecule has 3 rings (SSSR count). The van der Waals surface area contributed by atoms with Crippen LogP contribution >= 0.6 is 0 Å². The summed E-state index contributed by atoms with van der Waals surface area (Å²) in [6, 6.07) is 6.15. The Hall–Kier alpha value is -2.50. The number of hydrogen-bond acceptors (Lipinski definition) is 3. The summed E-state index contributed by atoms with van der Waals surface area (Å²) in [6.45, 7) is 6.14. The fourth-order valence-electron chi connectivity index (χ4n) is 2.17. The molecule has 0 spiro atoms. The van der Waals surface area contributed by atoms with Gasteiger partial charge in [-0.15, -0.1) is 0 Å². The summed E-state index contributed by atoms with van der Waals surface area (Å²) in [5, 5.41) is 4.70. The molecule has 0 amide bonds. The van der Waals surface area contributed by atoms with Crippen LogP contribution in [-0.4, -0.2) is 30.9 Å². The van der Waals surface area contributed by atoms with Crippen molar-refractivity contribution in [3.8, 4) is 11.4 Å². The Balaban J connectivity index is 0.000000160. The van der Waals surface area contributed by atoms with Crippen molar-refractivity contribution < 1.29 is 4.74 Å². The molecule has 0 aromatic heterocycles. The average Bonchev–Trinajstić information content (AvgIpc) is 3.25. The van der Waals surface area contributed by atoms with E-state index in [1.165, 1.54) is 29.4 Å². The molecule has 1 aromatic carbocycles. The Kier molecular flexibility index (Phi) is 5.41. The summed E-state index contributed by atoms with van der Waals surface area (Å²) in [5.41, 5.74) is 10.5. The zero-order valence-electron chi connectivity index (χ0n) is 13.2. The van der Waals surface area contributed by atoms with E-state index in [-0.39, 0.29) is 0 Å². The van der Waals surface area contributed by atoms with Crippen molar-refractivity contribution in [3.63, 3.8) is 0 Å². The van der Waals surface area contributed by atoms with Gasteiger partial charge in [-0.3, -0.25) is 4.99 Å². The fraction of sp³-hybridized carbons (Fsp3) is 0.375. The van der Waals surface area contributed by atoms with Crippen molar-refractivity contribution in [2.45, 2.75) is 26.2 Å². The van der Waals surface area contributed by atoms with Crippen LogP contribution in [0.5, 0.6) is 5.75 Å². The Morgan fingerprint density at radius 1 is 1.41 bits per heavy atom. The van der Waals surface area contributed by atoms with Crippen LogP contribution in [0.1, 0.15) is 26.2 Å². The van der Waals surface area contributed by atoms with Crippen LogP contribution in [0, 0.1) is 0 Å². The number of unbranched alkanes of at least 4 members (excludes halogenated alkanes) is 2. The summed E-state index contributed by atoms with van der Waals surface area (Å²) >= 11 is 0. The predicted octanol–water partition coefficient (Wildman–Crippen LogP) is 2.65. The van der Waals surface area contributed by atoms with Crippen LogP contribution in [0.4, 0.5) is 0 Å². The second kappa shape index (κ2) is 7.49. The summed E-state index contributed by atoms with van der Waals surface area (Å²) in [5.74, 6) is 1.28. The third-order valence-electron chi connectivity index (χ3n) is 3.42. The van der Waals surface area contributed by atoms with E-state index in [0.717, 1.165) is 18.7 Å². The number of benzene rings is 1. The molecular weight excluding hydrogens is 278 g/mol. The second-order valence-electron chi connectivity index (χ2n) is 5.01. The summed E-state index contributed by atoms with van der Waals surface area (Å²) in [4.78, 5) is 4.00. The third-order valence-corrected chi connectivity index (χ3v) is 3.42. The maximum atomic E-state index is 5.37. The number of rotatable bonds is 6. The van der Waals surface area contributed by atoms with Gasteiger partial charge in [-0.1, -0.05) is 19.8 Å². The fourth-order valence-corrected chi connectivity index (χ4v) is 2.17. The van der Waals surface area contributed by atoms with E-state index in [1.807, 2.05) is 6.07 Å². The number of ether oxygens (including phenoxy) is 1. The molecule has 0 fully saturated rings. The van der Waals surface area contributed by atoms with E-state index < -0.39 is 0 Å². The molecule has 0 bridgehead atoms. The highest BCUT2D eigenvalue weighted by Gasteiger charge is 2.22. The second-order valence-corrected chi connectivity index (χ2v) is 5.01. The van der Waals surface area contributed by atoms with Crippen molar-refractivity contribution in [2.24, 2.45) is 15.8 Å². The summed E-state index contributed by atoms with van der Waals surface area (Å²) in [7, 11) is 1.69. The predicted molar refractivity (Wildman–Crippen MR) is 92.1 cm³/mol. The lowest BCUT2D eigenvalue weighted by Crippen LogP contribution is -2.27. The molecule has 2 heterocycles. The van der Waals surface area contributed by atoms with Gasteiger partial charge in [-0.2, -0.15) is 5.10 Å². The minimum atomic E-state index is 0.344. The molecule has 118 valence electrons. The molecule has 2 aliphatic rings. The highest BCUT2D eigenvalue weighted by atomic mass is 16.5. The van der Waals surface area contributed by atoms with E-state index in [2.05, 4.69) is 52.1 Å². The van der Waals surface area contributed by atoms with Crippen LogP contribution < -0.4 is 15.9 Å². The standard InChI is InChI=1S/C9H7NO.C7H16N4/c1-11-6-2-3-8-7(4-6)9-5-10(8)9;1-3-4-5-6-10-7(8)11-9-2/h2-5H,1H3;2-6H2,1H3,(H3,8,10,11). The molecule has 0 saturated carbocycles. The molecule has 6 heteroatoms. The minimum absolute atomic E-state index is 0.344. The normalized spacial score (nSPS) is 11.6. The van der Waals surface area contributed by atoms with Gasteiger partial charge < -0.3 is 15.0 Å². The van der Waals surface area contributed by atoms with Gasteiger partial charge in [0.1, 0.15) is 5.75 Å². The van der Waals surface area contributed by atoms with Gasteiger partial charge >= 0.3 is 0 Å². The quantitative estimate of drug-likeness (QED) is 0.318. The molecular formula is C16H23N5O. The Bertz CT molecular complexity index is 674. The zero-order chi connectivity index (χ0) is 15.9. The average molecular weight is 301 g/mol. The Morgan fingerprint density at radius 3 is 2.91 bits per heavy atom. The highest BCUT2D eigenvalue weighted by Crippen LogP contribution is 2.40. The lowest BCUT2D eigenvalue weighted by Gasteiger charge is -2.06. The van der Waals surface area contributed by atoms with Crippen LogP contribution in [0.15, 0.2) is 34.5 Å². The van der Waals surface area contributed by atoms with Crippen molar-refractivity contribution in [1.82, 2.24) is 9.99 Å². The SMILES string of the molecule is C=NNC(N)=NCCCCC.COc1ccc2c(c1)c1cn2-1. The van der Waals surface area contributed by atoms with Gasteiger partial charge in [0, 0.05) is 24.8 Å². The molecule has 3 N–H and O–H groups in total. The van der Waals surface area contributed by atoms with Crippen molar-refractivity contribution >= 4 is 23.6 Å². The lowest BCUT2D eigenvalue weighted by atomic mass is 10.2. The number of hydrazone groups is 1. The molecule has 6 nitrogen and oxygen atoms in total. The van der Waals surface area contributed by atoms with Crippen molar-refractivity contribution in [2.75, 3.05) is 13.7 Å². The van der Waals surface area contributed by atoms with Gasteiger partial charge in [0.05, 0.1) is 18.3 Å². The van der Waals surface area contributed by atoms with Crippen LogP contribution in [-0.2, 0) is 0 Å². The topological polar surface area (TPSA) is 76.9 Å². The first-order chi connectivity index (χ1) is 10.7. The largest absolute Gasteiger partial charge is 0.497 e. The maximum absolute atomic E-state index is 5.37. The molecule has 22 heavy (non-hydrogen) atoms. The van der Waals surface area contributed by atoms with Crippen molar-refractivity contribution in [1.29, 1.82) is 0 Å². The van der Waals surface area contributed by atoms with Gasteiger partial charge in [0.15, 0.2) is 0 Å². The number of methoxy groups -OCH3 is 1. The van der Waals surface area contributed by atoms with Gasteiger partial charge in [-0.25, -0.2) is 5.43 Å². The Morgan fingerprint density at radius 2 is 2.23 bits per heavy atom. The molecule has 1 aromatic rings. The molecule has 0 unspecified atom stereocenters. The summed E-state index contributed by atoms with van der Waals surface area (Å²) in [6.07, 6.45) is 5.60.